The van der Waals surface area contributed by atoms with Crippen LogP contribution in [0.1, 0.15) is 48.9 Å². The molecule has 0 bridgehead atoms. The lowest BCUT2D eigenvalue weighted by Crippen LogP contribution is -2.23. The van der Waals surface area contributed by atoms with Crippen molar-refractivity contribution in [3.8, 4) is 11.1 Å². The zero-order valence-electron chi connectivity index (χ0n) is 27.5. The molecule has 4 aromatic rings. The van der Waals surface area contributed by atoms with E-state index >= 15 is 0 Å². The van der Waals surface area contributed by atoms with Gasteiger partial charge in [-0.2, -0.15) is 0 Å². The largest absolute Gasteiger partial charge is 0.381 e. The minimum absolute atomic E-state index is 0.00346. The third-order valence-electron chi connectivity index (χ3n) is 7.34. The highest BCUT2D eigenvalue weighted by atomic mass is 16.6. The fourth-order valence-corrected chi connectivity index (χ4v) is 4.82. The molecule has 2 atom stereocenters. The van der Waals surface area contributed by atoms with E-state index in [0.29, 0.717) is 66.1 Å². The molecule has 6 heteroatoms. The highest BCUT2D eigenvalue weighted by Gasteiger charge is 2.09. The number of hydrogen-bond acceptors (Lipinski definition) is 6. The second-order valence-corrected chi connectivity index (χ2v) is 11.6. The van der Waals surface area contributed by atoms with E-state index < -0.39 is 0 Å². The van der Waals surface area contributed by atoms with Crippen molar-refractivity contribution in [2.45, 2.75) is 65.3 Å². The first-order chi connectivity index (χ1) is 22.7. The van der Waals surface area contributed by atoms with Gasteiger partial charge in [0.1, 0.15) is 0 Å². The molecular formula is C40H50O6. The van der Waals surface area contributed by atoms with Crippen molar-refractivity contribution < 1.29 is 28.4 Å². The van der Waals surface area contributed by atoms with Gasteiger partial charge in [0.2, 0.25) is 0 Å². The van der Waals surface area contributed by atoms with E-state index in [-0.39, 0.29) is 12.2 Å². The molecule has 0 aliphatic carbocycles. The van der Waals surface area contributed by atoms with Crippen LogP contribution in [-0.2, 0) is 54.8 Å². The van der Waals surface area contributed by atoms with Crippen LogP contribution in [0.5, 0.6) is 0 Å². The molecule has 6 nitrogen and oxygen atoms in total. The summed E-state index contributed by atoms with van der Waals surface area (Å²) in [6.45, 7) is 10.3. The van der Waals surface area contributed by atoms with Gasteiger partial charge < -0.3 is 28.4 Å². The second kappa shape index (κ2) is 21.4. The maximum atomic E-state index is 6.10. The van der Waals surface area contributed by atoms with Crippen molar-refractivity contribution in [1.82, 2.24) is 0 Å². The summed E-state index contributed by atoms with van der Waals surface area (Å²) in [6.07, 6.45) is 1.75. The van der Waals surface area contributed by atoms with Crippen molar-refractivity contribution in [3.63, 3.8) is 0 Å². The van der Waals surface area contributed by atoms with Gasteiger partial charge in [0.15, 0.2) is 0 Å². The minimum atomic E-state index is -0.0231. The normalized spacial score (nSPS) is 12.7. The van der Waals surface area contributed by atoms with E-state index in [0.717, 1.165) is 29.5 Å². The van der Waals surface area contributed by atoms with Gasteiger partial charge in [0.25, 0.3) is 0 Å². The van der Waals surface area contributed by atoms with Gasteiger partial charge in [-0.05, 0) is 72.2 Å². The van der Waals surface area contributed by atoms with Crippen LogP contribution in [0.25, 0.3) is 11.1 Å². The number of benzene rings is 4. The van der Waals surface area contributed by atoms with Gasteiger partial charge in [-0.15, -0.1) is 0 Å². The summed E-state index contributed by atoms with van der Waals surface area (Å²) >= 11 is 0. The molecule has 0 radical (unpaired) electrons. The molecule has 0 spiro atoms. The highest BCUT2D eigenvalue weighted by Crippen LogP contribution is 2.23. The first kappa shape index (κ1) is 35.5. The summed E-state index contributed by atoms with van der Waals surface area (Å²) in [5.74, 6) is 0. The molecule has 0 heterocycles. The van der Waals surface area contributed by atoms with Crippen molar-refractivity contribution in [2.24, 2.45) is 0 Å². The summed E-state index contributed by atoms with van der Waals surface area (Å²) < 4.78 is 35.2. The molecular weight excluding hydrogens is 576 g/mol. The SMILES string of the molecule is CC(COCc1ccccc1)OCC(C)OCc1cccc(-c2cccc(COCCCOCCCOCc3ccccc3)c2)c1. The smallest absolute Gasteiger partial charge is 0.0785 e. The Hall–Kier alpha value is -3.36. The van der Waals surface area contributed by atoms with Crippen molar-refractivity contribution in [1.29, 1.82) is 0 Å². The van der Waals surface area contributed by atoms with Crippen LogP contribution in [0.2, 0.25) is 0 Å². The Balaban J connectivity index is 1.06. The van der Waals surface area contributed by atoms with Gasteiger partial charge in [-0.3, -0.25) is 0 Å². The fourth-order valence-electron chi connectivity index (χ4n) is 4.82. The maximum Gasteiger partial charge on any atom is 0.0785 e. The molecule has 0 amide bonds. The molecule has 0 aliphatic rings. The second-order valence-electron chi connectivity index (χ2n) is 11.6. The first-order valence-corrected chi connectivity index (χ1v) is 16.5. The Kier molecular flexibility index (Phi) is 16.5. The molecule has 0 aliphatic heterocycles. The quantitative estimate of drug-likeness (QED) is 0.0771. The van der Waals surface area contributed by atoms with Gasteiger partial charge in [0.05, 0.1) is 51.8 Å². The van der Waals surface area contributed by atoms with Gasteiger partial charge in [-0.1, -0.05) is 97.1 Å². The van der Waals surface area contributed by atoms with E-state index in [2.05, 4.69) is 72.8 Å². The average Bonchev–Trinajstić information content (AvgIpc) is 3.10. The summed E-state index contributed by atoms with van der Waals surface area (Å²) in [4.78, 5) is 0. The van der Waals surface area contributed by atoms with Crippen LogP contribution in [0.15, 0.2) is 109 Å². The van der Waals surface area contributed by atoms with Crippen molar-refractivity contribution >= 4 is 0 Å². The standard InChI is InChI=1S/C40H50O6/c1-33(27-44-30-36-15-7-4-8-16-36)45-28-34(2)46-32-38-18-10-20-40(26-38)39-19-9-17-37(25-39)31-43-24-12-22-41-21-11-23-42-29-35-13-5-3-6-14-35/h3-10,13-20,25-26,33-34H,11-12,21-24,27-32H2,1-2H3. The van der Waals surface area contributed by atoms with Crippen LogP contribution in [-0.4, -0.2) is 51.8 Å². The Bertz CT molecular complexity index is 1350. The van der Waals surface area contributed by atoms with Crippen LogP contribution in [0.4, 0.5) is 0 Å². The zero-order chi connectivity index (χ0) is 32.1. The number of hydrogen-bond donors (Lipinski definition) is 0. The van der Waals surface area contributed by atoms with Gasteiger partial charge in [0, 0.05) is 26.4 Å². The average molecular weight is 627 g/mol. The topological polar surface area (TPSA) is 55.4 Å². The molecule has 0 saturated heterocycles. The van der Waals surface area contributed by atoms with Crippen LogP contribution in [0.3, 0.4) is 0 Å². The minimum Gasteiger partial charge on any atom is -0.381 e. The molecule has 0 fully saturated rings. The monoisotopic (exact) mass is 626 g/mol. The third-order valence-corrected chi connectivity index (χ3v) is 7.34. The molecule has 2 unspecified atom stereocenters. The molecule has 0 saturated carbocycles. The predicted octanol–water partition coefficient (Wildman–Crippen LogP) is 8.41. The van der Waals surface area contributed by atoms with Crippen molar-refractivity contribution in [3.05, 3.63) is 131 Å². The Morgan fingerprint density at radius 1 is 0.413 bits per heavy atom. The van der Waals surface area contributed by atoms with Crippen molar-refractivity contribution in [2.75, 3.05) is 39.6 Å². The lowest BCUT2D eigenvalue weighted by molar-refractivity contribution is -0.0633. The number of ether oxygens (including phenoxy) is 6. The maximum absolute atomic E-state index is 6.10. The summed E-state index contributed by atoms with van der Waals surface area (Å²) in [7, 11) is 0. The lowest BCUT2D eigenvalue weighted by atomic mass is 10.0. The molecule has 46 heavy (non-hydrogen) atoms. The predicted molar refractivity (Wildman–Crippen MR) is 183 cm³/mol. The van der Waals surface area contributed by atoms with E-state index in [4.69, 9.17) is 28.4 Å². The van der Waals surface area contributed by atoms with E-state index in [1.807, 2.05) is 50.2 Å². The molecule has 4 aromatic carbocycles. The fraction of sp³-hybridized carbons (Fsp3) is 0.400. The van der Waals surface area contributed by atoms with E-state index in [1.165, 1.54) is 16.7 Å². The van der Waals surface area contributed by atoms with Crippen LogP contribution >= 0.6 is 0 Å². The Morgan fingerprint density at radius 3 is 1.46 bits per heavy atom. The molecule has 246 valence electrons. The lowest BCUT2D eigenvalue weighted by Gasteiger charge is -2.18. The highest BCUT2D eigenvalue weighted by molar-refractivity contribution is 5.64. The first-order valence-electron chi connectivity index (χ1n) is 16.5. The zero-order valence-corrected chi connectivity index (χ0v) is 27.5. The summed E-state index contributed by atoms with van der Waals surface area (Å²) in [6, 6.07) is 37.5. The van der Waals surface area contributed by atoms with E-state index in [9.17, 15) is 0 Å². The van der Waals surface area contributed by atoms with Gasteiger partial charge in [-0.25, -0.2) is 0 Å². The molecule has 0 aromatic heterocycles. The van der Waals surface area contributed by atoms with Crippen LogP contribution in [0, 0.1) is 0 Å². The summed E-state index contributed by atoms with van der Waals surface area (Å²) in [5.41, 5.74) is 6.98. The Labute approximate surface area is 275 Å². The van der Waals surface area contributed by atoms with Crippen LogP contribution < -0.4 is 0 Å². The molecule has 0 N–H and O–H groups in total. The summed E-state index contributed by atoms with van der Waals surface area (Å²) in [5, 5.41) is 0. The third kappa shape index (κ3) is 14.4. The van der Waals surface area contributed by atoms with E-state index in [1.54, 1.807) is 0 Å². The number of rotatable bonds is 23. The molecule has 4 rings (SSSR count). The Morgan fingerprint density at radius 2 is 0.870 bits per heavy atom. The van der Waals surface area contributed by atoms with Gasteiger partial charge >= 0.3 is 0 Å².